The minimum absolute atomic E-state index is 0.206. The molecule has 0 saturated heterocycles. The van der Waals surface area contributed by atoms with E-state index in [1.165, 1.54) is 6.08 Å². The van der Waals surface area contributed by atoms with Gasteiger partial charge < -0.3 is 10.2 Å². The van der Waals surface area contributed by atoms with Crippen molar-refractivity contribution in [3.63, 3.8) is 0 Å². The Morgan fingerprint density at radius 1 is 1.06 bits per heavy atom. The van der Waals surface area contributed by atoms with Crippen molar-refractivity contribution in [1.29, 1.82) is 5.26 Å². The van der Waals surface area contributed by atoms with Gasteiger partial charge in [0.1, 0.15) is 11.6 Å². The highest BCUT2D eigenvalue weighted by molar-refractivity contribution is 5.90. The van der Waals surface area contributed by atoms with Gasteiger partial charge in [-0.1, -0.05) is 25.3 Å². The van der Waals surface area contributed by atoms with Gasteiger partial charge in [-0.25, -0.2) is 4.79 Å². The highest BCUT2D eigenvalue weighted by Gasteiger charge is 2.03. The zero-order valence-electron chi connectivity index (χ0n) is 9.69. The minimum atomic E-state index is -1.19. The molecule has 0 amide bonds. The van der Waals surface area contributed by atoms with Gasteiger partial charge in [-0.15, -0.1) is 0 Å². The molecule has 0 fully saturated rings. The Balaban J connectivity index is 3.50. The van der Waals surface area contributed by atoms with Crippen LogP contribution in [0.3, 0.4) is 0 Å². The third-order valence-electron chi connectivity index (χ3n) is 2.29. The van der Waals surface area contributed by atoms with Gasteiger partial charge in [0.2, 0.25) is 0 Å². The molecular weight excluding hydrogens is 222 g/mol. The SMILES string of the molecule is N#CC(=CCCCCCCCC(=O)O)C(=O)O. The van der Waals surface area contributed by atoms with Crippen molar-refractivity contribution < 1.29 is 19.8 Å². The summed E-state index contributed by atoms with van der Waals surface area (Å²) < 4.78 is 0. The summed E-state index contributed by atoms with van der Waals surface area (Å²) in [6.45, 7) is 0. The molecule has 0 spiro atoms. The van der Waals surface area contributed by atoms with Crippen LogP contribution in [-0.4, -0.2) is 22.2 Å². The van der Waals surface area contributed by atoms with Gasteiger partial charge >= 0.3 is 11.9 Å². The van der Waals surface area contributed by atoms with E-state index in [0.717, 1.165) is 25.7 Å². The first-order valence-corrected chi connectivity index (χ1v) is 5.63. The zero-order chi connectivity index (χ0) is 13.1. The van der Waals surface area contributed by atoms with Crippen molar-refractivity contribution in [1.82, 2.24) is 0 Å². The molecule has 0 aromatic rings. The Bertz CT molecular complexity index is 328. The van der Waals surface area contributed by atoms with Gasteiger partial charge in [-0.3, -0.25) is 4.79 Å². The quantitative estimate of drug-likeness (QED) is 0.365. The first kappa shape index (κ1) is 15.2. The van der Waals surface area contributed by atoms with Crippen LogP contribution in [0.1, 0.15) is 44.9 Å². The number of nitrogens with zero attached hydrogens (tertiary/aromatic N) is 1. The van der Waals surface area contributed by atoms with E-state index in [-0.39, 0.29) is 12.0 Å². The van der Waals surface area contributed by atoms with E-state index < -0.39 is 11.9 Å². The molecular formula is C12H17NO4. The van der Waals surface area contributed by atoms with Crippen LogP contribution in [0.4, 0.5) is 0 Å². The fourth-order valence-corrected chi connectivity index (χ4v) is 1.38. The van der Waals surface area contributed by atoms with Crippen molar-refractivity contribution in [2.75, 3.05) is 0 Å². The lowest BCUT2D eigenvalue weighted by Gasteiger charge is -1.98. The highest BCUT2D eigenvalue weighted by atomic mass is 16.4. The molecule has 94 valence electrons. The van der Waals surface area contributed by atoms with Gasteiger partial charge in [0.05, 0.1) is 0 Å². The van der Waals surface area contributed by atoms with E-state index >= 15 is 0 Å². The number of rotatable bonds is 9. The molecule has 5 nitrogen and oxygen atoms in total. The van der Waals surface area contributed by atoms with Crippen LogP contribution in [-0.2, 0) is 9.59 Å². The van der Waals surface area contributed by atoms with Gasteiger partial charge in [-0.05, 0) is 19.3 Å². The summed E-state index contributed by atoms with van der Waals surface area (Å²) in [5.41, 5.74) is -0.212. The second kappa shape index (κ2) is 9.40. The molecule has 5 heteroatoms. The molecule has 0 rings (SSSR count). The number of carboxylic acids is 2. The Kier molecular flexibility index (Phi) is 8.39. The minimum Gasteiger partial charge on any atom is -0.481 e. The standard InChI is InChI=1S/C12H17NO4/c13-9-10(12(16)17)7-5-3-1-2-4-6-8-11(14)15/h7H,1-6,8H2,(H,14,15)(H,16,17). The molecule has 0 radical (unpaired) electrons. The molecule has 0 heterocycles. The number of hydrogen-bond acceptors (Lipinski definition) is 3. The summed E-state index contributed by atoms with van der Waals surface area (Å²) in [6.07, 6.45) is 6.46. The summed E-state index contributed by atoms with van der Waals surface area (Å²) in [6, 6.07) is 1.62. The molecule has 0 aromatic heterocycles. The lowest BCUT2D eigenvalue weighted by Crippen LogP contribution is -1.97. The van der Waals surface area contributed by atoms with E-state index in [9.17, 15) is 9.59 Å². The largest absolute Gasteiger partial charge is 0.481 e. The van der Waals surface area contributed by atoms with Crippen molar-refractivity contribution >= 4 is 11.9 Å². The maximum absolute atomic E-state index is 10.5. The van der Waals surface area contributed by atoms with Crippen LogP contribution in [0.25, 0.3) is 0 Å². The lowest BCUT2D eigenvalue weighted by atomic mass is 10.1. The van der Waals surface area contributed by atoms with E-state index in [2.05, 4.69) is 0 Å². The third-order valence-corrected chi connectivity index (χ3v) is 2.29. The van der Waals surface area contributed by atoms with E-state index in [4.69, 9.17) is 15.5 Å². The number of allylic oxidation sites excluding steroid dienone is 1. The van der Waals surface area contributed by atoms with Crippen LogP contribution in [0.15, 0.2) is 11.6 Å². The maximum Gasteiger partial charge on any atom is 0.346 e. The van der Waals surface area contributed by atoms with E-state index in [1.54, 1.807) is 6.07 Å². The van der Waals surface area contributed by atoms with E-state index in [0.29, 0.717) is 12.8 Å². The summed E-state index contributed by atoms with van der Waals surface area (Å²) in [5, 5.41) is 25.4. The van der Waals surface area contributed by atoms with Gasteiger partial charge in [0, 0.05) is 6.42 Å². The van der Waals surface area contributed by atoms with Crippen LogP contribution < -0.4 is 0 Å². The van der Waals surface area contributed by atoms with Crippen molar-refractivity contribution in [3.8, 4) is 6.07 Å². The summed E-state index contributed by atoms with van der Waals surface area (Å²) in [4.78, 5) is 20.7. The monoisotopic (exact) mass is 239 g/mol. The summed E-state index contributed by atoms with van der Waals surface area (Å²) >= 11 is 0. The fraction of sp³-hybridized carbons (Fsp3) is 0.583. The smallest absolute Gasteiger partial charge is 0.346 e. The predicted molar refractivity (Wildman–Crippen MR) is 61.3 cm³/mol. The molecule has 0 unspecified atom stereocenters. The molecule has 17 heavy (non-hydrogen) atoms. The zero-order valence-corrected chi connectivity index (χ0v) is 9.69. The molecule has 0 saturated carbocycles. The molecule has 0 aliphatic rings. The second-order valence-electron chi connectivity index (χ2n) is 3.73. The topological polar surface area (TPSA) is 98.4 Å². The van der Waals surface area contributed by atoms with Crippen molar-refractivity contribution in [2.45, 2.75) is 44.9 Å². The average Bonchev–Trinajstić information content (AvgIpc) is 2.26. The Morgan fingerprint density at radius 3 is 2.18 bits per heavy atom. The van der Waals surface area contributed by atoms with Crippen molar-refractivity contribution in [2.24, 2.45) is 0 Å². The number of aliphatic carboxylic acids is 2. The normalized spacial score (nSPS) is 10.9. The summed E-state index contributed by atoms with van der Waals surface area (Å²) in [5.74, 6) is -1.96. The number of carboxylic acid groups (broad SMARTS) is 2. The number of carbonyl (C=O) groups is 2. The average molecular weight is 239 g/mol. The molecule has 0 atom stereocenters. The number of hydrogen-bond donors (Lipinski definition) is 2. The maximum atomic E-state index is 10.5. The first-order valence-electron chi connectivity index (χ1n) is 5.63. The van der Waals surface area contributed by atoms with Crippen LogP contribution in [0.5, 0.6) is 0 Å². The molecule has 2 N–H and O–H groups in total. The third kappa shape index (κ3) is 9.12. The lowest BCUT2D eigenvalue weighted by molar-refractivity contribution is -0.137. The summed E-state index contributed by atoms with van der Waals surface area (Å²) in [7, 11) is 0. The van der Waals surface area contributed by atoms with Crippen LogP contribution >= 0.6 is 0 Å². The van der Waals surface area contributed by atoms with Gasteiger partial charge in [-0.2, -0.15) is 5.26 Å². The van der Waals surface area contributed by atoms with Crippen LogP contribution in [0.2, 0.25) is 0 Å². The number of unbranched alkanes of at least 4 members (excludes halogenated alkanes) is 5. The number of nitriles is 1. The van der Waals surface area contributed by atoms with Gasteiger partial charge in [0.15, 0.2) is 0 Å². The molecule has 0 aliphatic heterocycles. The molecule has 0 aliphatic carbocycles. The highest BCUT2D eigenvalue weighted by Crippen LogP contribution is 2.08. The van der Waals surface area contributed by atoms with E-state index in [1.807, 2.05) is 0 Å². The predicted octanol–water partition coefficient (Wildman–Crippen LogP) is 2.34. The van der Waals surface area contributed by atoms with Gasteiger partial charge in [0.25, 0.3) is 0 Å². The molecule has 0 aromatic carbocycles. The second-order valence-corrected chi connectivity index (χ2v) is 3.73. The molecule has 0 bridgehead atoms. The fourth-order valence-electron chi connectivity index (χ4n) is 1.38. The van der Waals surface area contributed by atoms with Crippen molar-refractivity contribution in [3.05, 3.63) is 11.6 Å². The Morgan fingerprint density at radius 2 is 1.65 bits per heavy atom. The Labute approximate surface area is 100 Å². The Hall–Kier alpha value is -1.83. The first-order chi connectivity index (χ1) is 8.07. The van der Waals surface area contributed by atoms with Crippen LogP contribution in [0, 0.1) is 11.3 Å².